The van der Waals surface area contributed by atoms with Crippen molar-refractivity contribution in [2.75, 3.05) is 14.2 Å². The molecule has 277 valence electrons. The number of halogens is 4. The number of esters is 1. The van der Waals surface area contributed by atoms with E-state index in [1.54, 1.807) is 80.5 Å². The van der Waals surface area contributed by atoms with Crippen LogP contribution in [0.15, 0.2) is 92.3 Å². The number of alkyl halides is 1. The number of carbonyl (C=O) groups excluding carboxylic acids is 1. The molecule has 16 nitrogen and oxygen atoms in total. The van der Waals surface area contributed by atoms with E-state index in [0.29, 0.717) is 29.7 Å². The quantitative estimate of drug-likeness (QED) is 0.0869. The number of nitrogens with zero attached hydrogens (tertiary/aromatic N) is 11. The second-order valence-corrected chi connectivity index (χ2v) is 9.70. The molecule has 2 N–H and O–H groups in total. The van der Waals surface area contributed by atoms with Crippen LogP contribution >= 0.6 is 44.6 Å². The summed E-state index contributed by atoms with van der Waals surface area (Å²) in [7, 11) is 9.65. The Balaban J connectivity index is -0.0000000955. The van der Waals surface area contributed by atoms with Gasteiger partial charge < -0.3 is 16.4 Å². The van der Waals surface area contributed by atoms with E-state index in [1.807, 2.05) is 0 Å². The summed E-state index contributed by atoms with van der Waals surface area (Å²) in [4.78, 5) is 47.7. The van der Waals surface area contributed by atoms with Crippen molar-refractivity contribution in [1.82, 2.24) is 49.8 Å². The first-order chi connectivity index (χ1) is 24.2. The Kier molecular flexibility index (Phi) is 53.1. The molecule has 5 aromatic rings. The Morgan fingerprint density at radius 2 is 1.13 bits per heavy atom. The van der Waals surface area contributed by atoms with Gasteiger partial charge in [-0.25, -0.2) is 58.8 Å². The SMILES string of the molecule is C.CO.COC(=O)c1ncccn1.ClCc1ncccn1.Clc1ncccn1.N#Cc1ncccn1.O=S(Cl)Cl.OCc1ncccn1.[2H]CC.[B].[H-].[Na+]. The third-order valence-corrected chi connectivity index (χ3v) is 4.07. The summed E-state index contributed by atoms with van der Waals surface area (Å²) in [5.41, 5.74) is 0. The third-order valence-electron chi connectivity index (χ3n) is 3.63. The number of aliphatic hydroxyl groups is 2. The fraction of sp³-hybridized carbons (Fsp3) is 0.241. The van der Waals surface area contributed by atoms with E-state index in [-0.39, 0.29) is 65.1 Å². The second kappa shape index (κ2) is 47.7. The van der Waals surface area contributed by atoms with Gasteiger partial charge >= 0.3 is 35.5 Å². The summed E-state index contributed by atoms with van der Waals surface area (Å²) in [5.74, 6) is 1.32. The Hall–Kier alpha value is -3.35. The van der Waals surface area contributed by atoms with Crippen molar-refractivity contribution < 1.29 is 56.3 Å². The Bertz CT molecular complexity index is 1490. The molecule has 0 aliphatic carbocycles. The number of methoxy groups -OCH3 is 1. The van der Waals surface area contributed by atoms with Crippen molar-refractivity contribution in [1.29, 1.82) is 5.26 Å². The number of carbonyl (C=O) groups is 1. The first kappa shape index (κ1) is 58.0. The van der Waals surface area contributed by atoms with E-state index in [2.05, 4.69) is 75.9 Å². The van der Waals surface area contributed by atoms with E-state index < -0.39 is 15.2 Å². The first-order valence-electron chi connectivity index (χ1n) is 13.5. The number of nitriles is 1. The van der Waals surface area contributed by atoms with Crippen LogP contribution < -0.4 is 29.6 Å². The summed E-state index contributed by atoms with van der Waals surface area (Å²) in [6.45, 7) is 2.21. The molecule has 0 spiro atoms. The second-order valence-electron chi connectivity index (χ2n) is 6.57. The van der Waals surface area contributed by atoms with Crippen molar-refractivity contribution in [3.05, 3.63) is 121 Å². The first-order valence-corrected chi connectivity index (χ1v) is 16.5. The van der Waals surface area contributed by atoms with Crippen molar-refractivity contribution in [2.45, 2.75) is 33.7 Å². The minimum absolute atomic E-state index is 0. The zero-order valence-electron chi connectivity index (χ0n) is 29.8. The van der Waals surface area contributed by atoms with Crippen LogP contribution in [0.3, 0.4) is 0 Å². The van der Waals surface area contributed by atoms with Crippen LogP contribution in [0.25, 0.3) is 0 Å². The summed E-state index contributed by atoms with van der Waals surface area (Å²) in [5, 5.41) is 23.9. The van der Waals surface area contributed by atoms with Crippen molar-refractivity contribution in [3.63, 3.8) is 0 Å². The van der Waals surface area contributed by atoms with Crippen molar-refractivity contribution in [3.8, 4) is 6.07 Å². The minimum atomic E-state index is -1.67. The van der Waals surface area contributed by atoms with Crippen LogP contribution in [0.5, 0.6) is 0 Å². The molecule has 3 radical (unpaired) electrons. The molecule has 5 rings (SSSR count). The fourth-order valence-corrected chi connectivity index (χ4v) is 2.19. The van der Waals surface area contributed by atoms with Gasteiger partial charge in [-0.05, 0) is 41.9 Å². The maximum absolute atomic E-state index is 10.7. The van der Waals surface area contributed by atoms with E-state index in [4.69, 9.17) is 44.3 Å². The molecule has 0 amide bonds. The third kappa shape index (κ3) is 41.1. The van der Waals surface area contributed by atoms with Gasteiger partial charge in [0, 0.05) is 100 Å². The number of ether oxygens (including phenoxy) is 1. The summed E-state index contributed by atoms with van der Waals surface area (Å²) < 4.78 is 19.7. The Morgan fingerprint density at radius 3 is 1.35 bits per heavy atom. The zero-order chi connectivity index (χ0) is 38.3. The van der Waals surface area contributed by atoms with Gasteiger partial charge in [-0.1, -0.05) is 21.3 Å². The number of aliphatic hydroxyl groups excluding tert-OH is 2. The van der Waals surface area contributed by atoms with Crippen LogP contribution in [-0.4, -0.2) is 92.9 Å². The van der Waals surface area contributed by atoms with Gasteiger partial charge in [0.25, 0.3) is 0 Å². The monoisotopic (exact) mass is 827 g/mol. The van der Waals surface area contributed by atoms with Gasteiger partial charge in [0.15, 0.2) is 5.82 Å². The van der Waals surface area contributed by atoms with Gasteiger partial charge in [0.1, 0.15) is 18.5 Å². The maximum Gasteiger partial charge on any atom is 1.00 e. The molecule has 5 aromatic heterocycles. The molecule has 0 unspecified atom stereocenters. The van der Waals surface area contributed by atoms with Gasteiger partial charge in [-0.3, -0.25) is 0 Å². The van der Waals surface area contributed by atoms with Crippen molar-refractivity contribution >= 4 is 68.2 Å². The topological polar surface area (TPSA) is 237 Å². The molecule has 0 aliphatic heterocycles. The van der Waals surface area contributed by atoms with Crippen LogP contribution in [0.1, 0.15) is 52.1 Å². The van der Waals surface area contributed by atoms with Crippen LogP contribution in [-0.2, 0) is 26.5 Å². The van der Waals surface area contributed by atoms with Crippen LogP contribution in [0.2, 0.25) is 5.28 Å². The summed E-state index contributed by atoms with van der Waals surface area (Å²) >= 11 is 10.7. The maximum atomic E-state index is 10.7. The molecule has 0 fully saturated rings. The summed E-state index contributed by atoms with van der Waals surface area (Å²) in [6.07, 6.45) is 15.8. The van der Waals surface area contributed by atoms with Gasteiger partial charge in [0.2, 0.25) is 26.2 Å². The fourth-order valence-electron chi connectivity index (χ4n) is 1.94. The van der Waals surface area contributed by atoms with E-state index >= 15 is 0 Å². The van der Waals surface area contributed by atoms with E-state index in [9.17, 15) is 4.79 Å². The average Bonchev–Trinajstić information content (AvgIpc) is 3.18. The largest absolute Gasteiger partial charge is 1.00 e. The number of aromatic nitrogens is 10. The number of hydrogen-bond acceptors (Lipinski definition) is 16. The van der Waals surface area contributed by atoms with Crippen LogP contribution in [0, 0.1) is 11.3 Å². The van der Waals surface area contributed by atoms with Crippen LogP contribution in [0.4, 0.5) is 0 Å². The molecule has 23 heteroatoms. The number of rotatable bonds is 3. The molecule has 0 saturated heterocycles. The predicted octanol–water partition coefficient (Wildman–Crippen LogP) is 1.97. The predicted molar refractivity (Wildman–Crippen MR) is 200 cm³/mol. The molecule has 0 aromatic carbocycles. The normalized spacial score (nSPS) is 8.06. The van der Waals surface area contributed by atoms with Gasteiger partial charge in [-0.15, -0.1) is 11.6 Å². The Morgan fingerprint density at radius 1 is 0.827 bits per heavy atom. The van der Waals surface area contributed by atoms with Gasteiger partial charge in [0.05, 0.1) is 13.0 Å². The van der Waals surface area contributed by atoms with E-state index in [0.717, 1.165) is 7.11 Å². The minimum Gasteiger partial charge on any atom is -1.00 e. The molecule has 0 aliphatic rings. The van der Waals surface area contributed by atoms with Gasteiger partial charge in [-0.2, -0.15) is 5.26 Å². The standard InChI is InChI=1S/C6H6N2O2.C5H5ClN2.C5H3N3.C5H6N2O.C4H3ClN2.C2H6.CH4O.CH4.B.Cl2OS.Na.H/c1-10-6(9)5-7-3-2-4-8-5;2*6-4-5-7-2-1-3-8-5;8-4-5-6-2-1-3-7-5;5-4-6-2-1-3-7-4;2*1-2;;;1-4(2)3;;/h2-4H,1H3;1-3H,4H2;1-3H;1-3,8H,4H2;1-3H;1-2H3;2H,1H3;1H4;;;;/q;;;;;;;;;;+1;-1/i;;;;;1D;;;;;;. The molecular weight excluding hydrogens is 790 g/mol. The average molecular weight is 829 g/mol. The molecule has 52 heavy (non-hydrogen) atoms. The zero-order valence-corrected chi connectivity index (χ0v) is 33.7. The van der Waals surface area contributed by atoms with Crippen molar-refractivity contribution in [2.24, 2.45) is 0 Å². The molecule has 5 heterocycles. The number of hydrogen-bond donors (Lipinski definition) is 2. The molecule has 0 bridgehead atoms. The summed E-state index contributed by atoms with van der Waals surface area (Å²) in [6, 6.07) is 10.3. The Labute approximate surface area is 352 Å². The smallest absolute Gasteiger partial charge is 1.00 e. The van der Waals surface area contributed by atoms with E-state index in [1.165, 1.54) is 31.9 Å². The molecule has 0 atom stereocenters. The molecule has 0 saturated carbocycles. The molecular formula is C29H38BCl4N11NaO5S.